The van der Waals surface area contributed by atoms with Crippen molar-refractivity contribution in [1.82, 2.24) is 0 Å². The van der Waals surface area contributed by atoms with E-state index in [1.807, 2.05) is 0 Å². The number of hydrogen-bond donors (Lipinski definition) is 1. The van der Waals surface area contributed by atoms with E-state index >= 15 is 0 Å². The molecule has 0 aromatic carbocycles. The Kier molecular flexibility index (Phi) is 5.18. The van der Waals surface area contributed by atoms with Crippen LogP contribution in [0.15, 0.2) is 0 Å². The summed E-state index contributed by atoms with van der Waals surface area (Å²) in [6.45, 7) is 1.80. The highest BCUT2D eigenvalue weighted by Gasteiger charge is 2.31. The van der Waals surface area contributed by atoms with Crippen LogP contribution in [0.3, 0.4) is 0 Å². The number of carbonyl (C=O) groups excluding carboxylic acids is 1. The maximum Gasteiger partial charge on any atom is 0.314 e. The number of ketones is 1. The second kappa shape index (κ2) is 5.61. The van der Waals surface area contributed by atoms with Crippen molar-refractivity contribution in [2.45, 2.75) is 32.6 Å². The largest absolute Gasteiger partial charge is 0.481 e. The molecule has 0 aromatic heterocycles. The fourth-order valence-corrected chi connectivity index (χ4v) is 0.948. The number of Topliss-reactive ketones (excluding diaryl/α,β-unsaturated/α-hetero) is 1. The van der Waals surface area contributed by atoms with E-state index in [2.05, 4.69) is 0 Å². The van der Waals surface area contributed by atoms with Crippen molar-refractivity contribution in [3.63, 3.8) is 0 Å². The van der Waals surface area contributed by atoms with Crippen LogP contribution in [-0.2, 0) is 9.59 Å². The summed E-state index contributed by atoms with van der Waals surface area (Å²) in [7, 11) is 0. The van der Waals surface area contributed by atoms with Crippen LogP contribution in [0.1, 0.15) is 26.2 Å². The molecule has 0 aliphatic carbocycles. The molecule has 0 aliphatic rings. The Morgan fingerprint density at radius 1 is 1.38 bits per heavy atom. The van der Waals surface area contributed by atoms with Gasteiger partial charge in [0.25, 0.3) is 6.43 Å². The van der Waals surface area contributed by atoms with E-state index in [-0.39, 0.29) is 6.42 Å². The number of halogens is 2. The molecule has 0 aliphatic heterocycles. The van der Waals surface area contributed by atoms with Gasteiger partial charge in [-0.3, -0.25) is 9.59 Å². The molecule has 0 bridgehead atoms. The van der Waals surface area contributed by atoms with Crippen molar-refractivity contribution in [3.8, 4) is 0 Å². The Morgan fingerprint density at radius 3 is 2.23 bits per heavy atom. The van der Waals surface area contributed by atoms with Crippen LogP contribution < -0.4 is 0 Å². The van der Waals surface area contributed by atoms with E-state index in [0.717, 1.165) is 0 Å². The smallest absolute Gasteiger partial charge is 0.314 e. The molecule has 0 aromatic rings. The van der Waals surface area contributed by atoms with Crippen LogP contribution in [0, 0.1) is 5.92 Å². The topological polar surface area (TPSA) is 54.4 Å². The number of carboxylic acids is 1. The van der Waals surface area contributed by atoms with Gasteiger partial charge >= 0.3 is 5.97 Å². The third-order valence-electron chi connectivity index (χ3n) is 1.70. The first-order valence-electron chi connectivity index (χ1n) is 4.05. The zero-order valence-electron chi connectivity index (χ0n) is 7.30. The zero-order valence-corrected chi connectivity index (χ0v) is 7.30. The molecular weight excluding hydrogens is 182 g/mol. The number of rotatable bonds is 6. The van der Waals surface area contributed by atoms with Gasteiger partial charge in [-0.1, -0.05) is 19.8 Å². The van der Waals surface area contributed by atoms with E-state index in [1.165, 1.54) is 0 Å². The summed E-state index contributed by atoms with van der Waals surface area (Å²) < 4.78 is 23.7. The molecule has 0 saturated carbocycles. The Balaban J connectivity index is 4.24. The number of aliphatic carboxylic acids is 1. The first kappa shape index (κ1) is 12.0. The van der Waals surface area contributed by atoms with Crippen molar-refractivity contribution in [2.75, 3.05) is 0 Å². The molecule has 1 N–H and O–H groups in total. The molecule has 5 heteroatoms. The van der Waals surface area contributed by atoms with Gasteiger partial charge in [0.2, 0.25) is 5.78 Å². The van der Waals surface area contributed by atoms with Gasteiger partial charge in [-0.15, -0.1) is 0 Å². The predicted octanol–water partition coefficient (Wildman–Crippen LogP) is 1.71. The maximum atomic E-state index is 11.9. The average Bonchev–Trinajstić information content (AvgIpc) is 2.04. The highest BCUT2D eigenvalue weighted by Crippen LogP contribution is 2.14. The van der Waals surface area contributed by atoms with Gasteiger partial charge in [0.15, 0.2) is 0 Å². The van der Waals surface area contributed by atoms with Gasteiger partial charge in [-0.2, -0.15) is 0 Å². The van der Waals surface area contributed by atoms with E-state index in [4.69, 9.17) is 5.11 Å². The molecule has 0 amide bonds. The van der Waals surface area contributed by atoms with Crippen LogP contribution in [0.4, 0.5) is 8.78 Å². The predicted molar refractivity (Wildman–Crippen MR) is 41.7 cm³/mol. The number of hydrogen-bond acceptors (Lipinski definition) is 2. The van der Waals surface area contributed by atoms with Gasteiger partial charge in [0.05, 0.1) is 0 Å². The molecule has 1 atom stereocenters. The summed E-state index contributed by atoms with van der Waals surface area (Å²) >= 11 is 0. The number of carbonyl (C=O) groups is 2. The molecule has 0 saturated heterocycles. The monoisotopic (exact) mass is 194 g/mol. The molecule has 1 unspecified atom stereocenters. The first-order valence-corrected chi connectivity index (χ1v) is 4.05. The Hall–Kier alpha value is -1.00. The second-order valence-electron chi connectivity index (χ2n) is 2.74. The molecule has 13 heavy (non-hydrogen) atoms. The van der Waals surface area contributed by atoms with Crippen molar-refractivity contribution in [3.05, 3.63) is 0 Å². The van der Waals surface area contributed by atoms with Gasteiger partial charge in [0, 0.05) is 0 Å². The summed E-state index contributed by atoms with van der Waals surface area (Å²) in [5, 5.41) is 8.47. The summed E-state index contributed by atoms with van der Waals surface area (Å²) in [6, 6.07) is 0. The number of alkyl halides is 2. The molecule has 3 nitrogen and oxygen atoms in total. The molecule has 0 heterocycles. The van der Waals surface area contributed by atoms with E-state index in [9.17, 15) is 18.4 Å². The average molecular weight is 194 g/mol. The number of unbranched alkanes of at least 4 members (excludes halogenated alkanes) is 1. The molecule has 0 radical (unpaired) electrons. The molecule has 0 rings (SSSR count). The van der Waals surface area contributed by atoms with E-state index in [1.54, 1.807) is 6.92 Å². The highest BCUT2D eigenvalue weighted by atomic mass is 19.3. The number of carboxylic acid groups (broad SMARTS) is 1. The van der Waals surface area contributed by atoms with Crippen molar-refractivity contribution >= 4 is 11.8 Å². The Morgan fingerprint density at radius 2 is 1.92 bits per heavy atom. The molecule has 76 valence electrons. The third kappa shape index (κ3) is 3.96. The SMILES string of the molecule is CCCCC(C(=O)O)C(=O)C(F)F. The lowest BCUT2D eigenvalue weighted by Crippen LogP contribution is -2.28. The summed E-state index contributed by atoms with van der Waals surface area (Å²) in [4.78, 5) is 21.1. The van der Waals surface area contributed by atoms with Gasteiger partial charge in [-0.25, -0.2) is 8.78 Å². The fraction of sp³-hybridized carbons (Fsp3) is 0.750. The van der Waals surface area contributed by atoms with Crippen molar-refractivity contribution in [2.24, 2.45) is 5.92 Å². The normalized spacial score (nSPS) is 12.9. The maximum absolute atomic E-state index is 11.9. The van der Waals surface area contributed by atoms with Crippen LogP contribution in [0.2, 0.25) is 0 Å². The molecule has 0 fully saturated rings. The Labute approximate surface area is 74.7 Å². The fourth-order valence-electron chi connectivity index (χ4n) is 0.948. The summed E-state index contributed by atoms with van der Waals surface area (Å²) in [6.07, 6.45) is -2.04. The standard InChI is InChI=1S/C8H12F2O3/c1-2-3-4-5(8(12)13)6(11)7(9)10/h5,7H,2-4H2,1H3,(H,12,13). The first-order chi connectivity index (χ1) is 6.00. The Bertz CT molecular complexity index is 192. The van der Waals surface area contributed by atoms with E-state index in [0.29, 0.717) is 12.8 Å². The van der Waals surface area contributed by atoms with Crippen LogP contribution in [0.5, 0.6) is 0 Å². The minimum Gasteiger partial charge on any atom is -0.481 e. The summed E-state index contributed by atoms with van der Waals surface area (Å²) in [5.74, 6) is -4.49. The third-order valence-corrected chi connectivity index (χ3v) is 1.70. The lowest BCUT2D eigenvalue weighted by Gasteiger charge is -2.09. The second-order valence-corrected chi connectivity index (χ2v) is 2.74. The van der Waals surface area contributed by atoms with Gasteiger partial charge in [-0.05, 0) is 6.42 Å². The quantitative estimate of drug-likeness (QED) is 0.655. The minimum absolute atomic E-state index is 0.00495. The van der Waals surface area contributed by atoms with Crippen LogP contribution >= 0.6 is 0 Å². The summed E-state index contributed by atoms with van der Waals surface area (Å²) in [5.41, 5.74) is 0. The molecule has 0 spiro atoms. The minimum atomic E-state index is -3.18. The van der Waals surface area contributed by atoms with Gasteiger partial charge < -0.3 is 5.11 Å². The van der Waals surface area contributed by atoms with Crippen LogP contribution in [0.25, 0.3) is 0 Å². The van der Waals surface area contributed by atoms with Crippen molar-refractivity contribution < 1.29 is 23.5 Å². The zero-order chi connectivity index (χ0) is 10.4. The highest BCUT2D eigenvalue weighted by molar-refractivity contribution is 5.99. The lowest BCUT2D eigenvalue weighted by atomic mass is 9.98. The van der Waals surface area contributed by atoms with Gasteiger partial charge in [0.1, 0.15) is 5.92 Å². The molecular formula is C8H12F2O3. The lowest BCUT2D eigenvalue weighted by molar-refractivity contribution is -0.150. The van der Waals surface area contributed by atoms with E-state index < -0.39 is 24.1 Å². The van der Waals surface area contributed by atoms with Crippen LogP contribution in [-0.4, -0.2) is 23.3 Å². The van der Waals surface area contributed by atoms with Crippen molar-refractivity contribution in [1.29, 1.82) is 0 Å².